The molecule has 35 heavy (non-hydrogen) atoms. The molecule has 0 aliphatic carbocycles. The van der Waals surface area contributed by atoms with Crippen LogP contribution in [-0.4, -0.2) is 39.2 Å². The molecule has 0 unspecified atom stereocenters. The molecule has 8 heteroatoms. The summed E-state index contributed by atoms with van der Waals surface area (Å²) in [5.74, 6) is 0.574. The van der Waals surface area contributed by atoms with E-state index in [0.29, 0.717) is 12.5 Å². The summed E-state index contributed by atoms with van der Waals surface area (Å²) >= 11 is 7.95. The van der Waals surface area contributed by atoms with Gasteiger partial charge in [-0.25, -0.2) is 9.97 Å². The molecular weight excluding hydrogens is 478 g/mol. The molecule has 6 nitrogen and oxygen atoms in total. The number of piperidine rings is 1. The topological polar surface area (TPSA) is 73.3 Å². The zero-order valence-corrected chi connectivity index (χ0v) is 20.9. The standard InChI is InChI=1S/C27H28ClN5OS/c28-23-6-1-2-7-24(23)30-17-22-8-9-26(35-22)25-10-13-29-27(32-25)31-20-5-3-4-19(16-20)18-33-14-11-21(34)12-15-33/h1-10,13,16,21,30,34H,11-12,14-15,17-18H2,(H,29,31,32). The van der Waals surface area contributed by atoms with Gasteiger partial charge in [0.25, 0.3) is 0 Å². The molecule has 3 N–H and O–H groups in total. The first kappa shape index (κ1) is 23.8. The molecule has 0 spiro atoms. The number of aliphatic hydroxyl groups excluding tert-OH is 1. The second-order valence-corrected chi connectivity index (χ2v) is 10.3. The highest BCUT2D eigenvalue weighted by atomic mass is 35.5. The molecule has 0 radical (unpaired) electrons. The molecule has 4 aromatic rings. The number of hydrogen-bond acceptors (Lipinski definition) is 7. The van der Waals surface area contributed by atoms with Crippen LogP contribution in [0, 0.1) is 0 Å². The van der Waals surface area contributed by atoms with Crippen LogP contribution in [0.1, 0.15) is 23.3 Å². The number of rotatable bonds is 8. The van der Waals surface area contributed by atoms with Crippen LogP contribution in [0.2, 0.25) is 5.02 Å². The van der Waals surface area contributed by atoms with Crippen molar-refractivity contribution >= 4 is 40.3 Å². The summed E-state index contributed by atoms with van der Waals surface area (Å²) < 4.78 is 0. The monoisotopic (exact) mass is 505 g/mol. The van der Waals surface area contributed by atoms with Gasteiger partial charge in [-0.05, 0) is 60.9 Å². The van der Waals surface area contributed by atoms with Gasteiger partial charge in [0, 0.05) is 42.9 Å². The van der Waals surface area contributed by atoms with E-state index >= 15 is 0 Å². The summed E-state index contributed by atoms with van der Waals surface area (Å²) in [5, 5.41) is 17.2. The van der Waals surface area contributed by atoms with Crippen LogP contribution in [0.25, 0.3) is 10.6 Å². The maximum absolute atomic E-state index is 9.73. The van der Waals surface area contributed by atoms with Crippen LogP contribution in [0.3, 0.4) is 0 Å². The first-order chi connectivity index (χ1) is 17.1. The van der Waals surface area contributed by atoms with Gasteiger partial charge in [-0.3, -0.25) is 4.90 Å². The Morgan fingerprint density at radius 1 is 1.03 bits per heavy atom. The van der Waals surface area contributed by atoms with Gasteiger partial charge >= 0.3 is 0 Å². The van der Waals surface area contributed by atoms with Crippen LogP contribution < -0.4 is 10.6 Å². The number of benzene rings is 2. The summed E-state index contributed by atoms with van der Waals surface area (Å²) in [4.78, 5) is 13.8. The first-order valence-electron chi connectivity index (χ1n) is 11.8. The van der Waals surface area contributed by atoms with Crippen molar-refractivity contribution in [1.29, 1.82) is 0 Å². The third-order valence-electron chi connectivity index (χ3n) is 6.04. The van der Waals surface area contributed by atoms with E-state index in [0.717, 1.165) is 59.4 Å². The Morgan fingerprint density at radius 3 is 2.74 bits per heavy atom. The zero-order valence-electron chi connectivity index (χ0n) is 19.3. The van der Waals surface area contributed by atoms with Crippen molar-refractivity contribution in [3.63, 3.8) is 0 Å². The number of aromatic nitrogens is 2. The predicted molar refractivity (Wildman–Crippen MR) is 144 cm³/mol. The van der Waals surface area contributed by atoms with Gasteiger partial charge < -0.3 is 15.7 Å². The fourth-order valence-corrected chi connectivity index (χ4v) is 5.29. The lowest BCUT2D eigenvalue weighted by atomic mass is 10.1. The van der Waals surface area contributed by atoms with Crippen LogP contribution in [-0.2, 0) is 13.1 Å². The molecule has 1 aliphatic rings. The van der Waals surface area contributed by atoms with Crippen LogP contribution >= 0.6 is 22.9 Å². The van der Waals surface area contributed by atoms with Crippen molar-refractivity contribution in [3.05, 3.63) is 88.4 Å². The smallest absolute Gasteiger partial charge is 0.227 e. The van der Waals surface area contributed by atoms with Gasteiger partial charge in [-0.2, -0.15) is 0 Å². The Balaban J connectivity index is 1.22. The average Bonchev–Trinajstić information content (AvgIpc) is 3.35. The first-order valence-corrected chi connectivity index (χ1v) is 13.0. The third kappa shape index (κ3) is 6.38. The van der Waals surface area contributed by atoms with Crippen molar-refractivity contribution < 1.29 is 5.11 Å². The van der Waals surface area contributed by atoms with Gasteiger partial charge in [0.1, 0.15) is 0 Å². The fourth-order valence-electron chi connectivity index (χ4n) is 4.17. The van der Waals surface area contributed by atoms with E-state index in [2.05, 4.69) is 50.8 Å². The number of halogens is 1. The molecule has 0 amide bonds. The highest BCUT2D eigenvalue weighted by Gasteiger charge is 2.17. The van der Waals surface area contributed by atoms with Crippen molar-refractivity contribution in [2.45, 2.75) is 32.0 Å². The lowest BCUT2D eigenvalue weighted by Gasteiger charge is -2.29. The second-order valence-electron chi connectivity index (χ2n) is 8.70. The van der Waals surface area contributed by atoms with E-state index in [-0.39, 0.29) is 6.10 Å². The van der Waals surface area contributed by atoms with E-state index in [1.165, 1.54) is 10.4 Å². The van der Waals surface area contributed by atoms with E-state index in [9.17, 15) is 5.11 Å². The number of thiophene rings is 1. The van der Waals surface area contributed by atoms with E-state index in [1.54, 1.807) is 17.5 Å². The highest BCUT2D eigenvalue weighted by Crippen LogP contribution is 2.29. The van der Waals surface area contributed by atoms with Crippen LogP contribution in [0.4, 0.5) is 17.3 Å². The number of anilines is 3. The third-order valence-corrected chi connectivity index (χ3v) is 7.48. The number of hydrogen-bond donors (Lipinski definition) is 3. The van der Waals surface area contributed by atoms with E-state index in [4.69, 9.17) is 16.6 Å². The van der Waals surface area contributed by atoms with Gasteiger partial charge in [0.2, 0.25) is 5.95 Å². The van der Waals surface area contributed by atoms with Crippen molar-refractivity contribution in [3.8, 4) is 10.6 Å². The molecule has 180 valence electrons. The molecule has 1 aliphatic heterocycles. The summed E-state index contributed by atoms with van der Waals surface area (Å²) in [6, 6.07) is 22.3. The van der Waals surface area contributed by atoms with Gasteiger partial charge in [0.15, 0.2) is 0 Å². The molecule has 1 saturated heterocycles. The fraction of sp³-hybridized carbons (Fsp3) is 0.259. The van der Waals surface area contributed by atoms with Gasteiger partial charge in [0.05, 0.1) is 27.4 Å². The van der Waals surface area contributed by atoms with Crippen molar-refractivity contribution in [2.75, 3.05) is 23.7 Å². The Bertz CT molecular complexity index is 1270. The minimum absolute atomic E-state index is 0.151. The highest BCUT2D eigenvalue weighted by molar-refractivity contribution is 7.15. The van der Waals surface area contributed by atoms with Crippen LogP contribution in [0.5, 0.6) is 0 Å². The van der Waals surface area contributed by atoms with Crippen molar-refractivity contribution in [2.24, 2.45) is 0 Å². The zero-order chi connectivity index (χ0) is 24.0. The summed E-state index contributed by atoms with van der Waals surface area (Å²) in [7, 11) is 0. The Kier molecular flexibility index (Phi) is 7.59. The Hall–Kier alpha value is -2.97. The predicted octanol–water partition coefficient (Wildman–Crippen LogP) is 6.17. The van der Waals surface area contributed by atoms with Gasteiger partial charge in [-0.15, -0.1) is 11.3 Å². The summed E-state index contributed by atoms with van der Waals surface area (Å²) in [6.07, 6.45) is 3.33. The average molecular weight is 506 g/mol. The maximum Gasteiger partial charge on any atom is 0.227 e. The molecule has 1 fully saturated rings. The number of para-hydroxylation sites is 1. The molecule has 3 heterocycles. The molecule has 0 atom stereocenters. The summed E-state index contributed by atoms with van der Waals surface area (Å²) in [6.45, 7) is 3.44. The second kappa shape index (κ2) is 11.2. The largest absolute Gasteiger partial charge is 0.393 e. The SMILES string of the molecule is OC1CCN(Cc2cccc(Nc3nccc(-c4ccc(CNc5ccccc5Cl)s4)n3)c2)CC1. The Morgan fingerprint density at radius 2 is 1.89 bits per heavy atom. The molecule has 0 bridgehead atoms. The lowest BCUT2D eigenvalue weighted by Crippen LogP contribution is -2.35. The molecule has 2 aromatic carbocycles. The molecular formula is C27H28ClN5OS. The minimum atomic E-state index is -0.151. The van der Waals surface area contributed by atoms with E-state index < -0.39 is 0 Å². The van der Waals surface area contributed by atoms with E-state index in [1.807, 2.05) is 36.4 Å². The number of nitrogens with one attached hydrogen (secondary N) is 2. The minimum Gasteiger partial charge on any atom is -0.393 e. The number of aliphatic hydroxyl groups is 1. The molecule has 2 aromatic heterocycles. The molecule has 5 rings (SSSR count). The van der Waals surface area contributed by atoms with Crippen LogP contribution in [0.15, 0.2) is 72.9 Å². The lowest BCUT2D eigenvalue weighted by molar-refractivity contribution is 0.0792. The maximum atomic E-state index is 9.73. The molecule has 0 saturated carbocycles. The Labute approximate surface area is 214 Å². The normalized spacial score (nSPS) is 14.7. The summed E-state index contributed by atoms with van der Waals surface area (Å²) in [5.41, 5.74) is 4.02. The quantitative estimate of drug-likeness (QED) is 0.266. The number of nitrogens with zero attached hydrogens (tertiary/aromatic N) is 3. The van der Waals surface area contributed by atoms with Gasteiger partial charge in [-0.1, -0.05) is 35.9 Å². The number of likely N-dealkylation sites (tertiary alicyclic amines) is 1. The van der Waals surface area contributed by atoms with Crippen molar-refractivity contribution in [1.82, 2.24) is 14.9 Å².